The van der Waals surface area contributed by atoms with Gasteiger partial charge in [0.1, 0.15) is 36.4 Å². The summed E-state index contributed by atoms with van der Waals surface area (Å²) in [6.07, 6.45) is 1.39. The van der Waals surface area contributed by atoms with E-state index in [2.05, 4.69) is 0 Å². The zero-order valence-corrected chi connectivity index (χ0v) is 17.5. The molecule has 0 saturated carbocycles. The molecule has 160 valence electrons. The molecule has 3 aromatic rings. The summed E-state index contributed by atoms with van der Waals surface area (Å²) in [5, 5.41) is 21.2. The average Bonchev–Trinajstić information content (AvgIpc) is 2.76. The summed E-state index contributed by atoms with van der Waals surface area (Å²) in [6.45, 7) is 1.25. The number of benzene rings is 3. The number of phenolic OH excluding ortho intramolecular Hbond substituents is 2. The number of hydrogen-bond donors (Lipinski definition) is 2. The SMILES string of the molecule is CN(C)CCOc1cccc(C(c2cc(C=O)ccc2O)c2cc(C=O)ccc2O)c1. The second-order valence-corrected chi connectivity index (χ2v) is 7.53. The fourth-order valence-corrected chi connectivity index (χ4v) is 3.41. The minimum atomic E-state index is -0.628. The van der Waals surface area contributed by atoms with Crippen molar-refractivity contribution in [1.29, 1.82) is 0 Å². The van der Waals surface area contributed by atoms with Gasteiger partial charge in [-0.3, -0.25) is 9.59 Å². The minimum absolute atomic E-state index is 0.0227. The molecule has 0 amide bonds. The highest BCUT2D eigenvalue weighted by Gasteiger charge is 2.24. The van der Waals surface area contributed by atoms with E-state index in [1.54, 1.807) is 12.1 Å². The Morgan fingerprint density at radius 2 is 1.45 bits per heavy atom. The Labute approximate surface area is 181 Å². The van der Waals surface area contributed by atoms with E-state index in [4.69, 9.17) is 4.74 Å². The Kier molecular flexibility index (Phi) is 7.05. The maximum absolute atomic E-state index is 11.4. The molecular weight excluding hydrogens is 394 g/mol. The van der Waals surface area contributed by atoms with E-state index in [1.165, 1.54) is 24.3 Å². The molecule has 0 saturated heterocycles. The number of ether oxygens (including phenoxy) is 1. The lowest BCUT2D eigenvalue weighted by Crippen LogP contribution is -2.19. The van der Waals surface area contributed by atoms with Gasteiger partial charge in [0.2, 0.25) is 0 Å². The molecule has 3 rings (SSSR count). The van der Waals surface area contributed by atoms with Crippen molar-refractivity contribution in [2.45, 2.75) is 5.92 Å². The van der Waals surface area contributed by atoms with Gasteiger partial charge in [-0.05, 0) is 68.2 Å². The monoisotopic (exact) mass is 419 g/mol. The fourth-order valence-electron chi connectivity index (χ4n) is 3.41. The van der Waals surface area contributed by atoms with Crippen LogP contribution < -0.4 is 4.74 Å². The molecule has 6 nitrogen and oxygen atoms in total. The van der Waals surface area contributed by atoms with Crippen LogP contribution in [0.25, 0.3) is 0 Å². The predicted molar refractivity (Wildman–Crippen MR) is 118 cm³/mol. The second-order valence-electron chi connectivity index (χ2n) is 7.53. The van der Waals surface area contributed by atoms with E-state index in [9.17, 15) is 19.8 Å². The van der Waals surface area contributed by atoms with Crippen molar-refractivity contribution in [3.05, 3.63) is 88.5 Å². The summed E-state index contributed by atoms with van der Waals surface area (Å²) in [4.78, 5) is 24.7. The van der Waals surface area contributed by atoms with Crippen molar-refractivity contribution < 1.29 is 24.5 Å². The van der Waals surface area contributed by atoms with Crippen molar-refractivity contribution in [2.24, 2.45) is 0 Å². The summed E-state index contributed by atoms with van der Waals surface area (Å²) < 4.78 is 5.85. The zero-order valence-electron chi connectivity index (χ0n) is 17.5. The Morgan fingerprint density at radius 3 is 1.97 bits per heavy atom. The first-order valence-electron chi connectivity index (χ1n) is 9.86. The van der Waals surface area contributed by atoms with Gasteiger partial charge in [-0.1, -0.05) is 12.1 Å². The smallest absolute Gasteiger partial charge is 0.150 e. The van der Waals surface area contributed by atoms with Crippen LogP contribution in [0.3, 0.4) is 0 Å². The lowest BCUT2D eigenvalue weighted by atomic mass is 9.83. The van der Waals surface area contributed by atoms with E-state index >= 15 is 0 Å². The fraction of sp³-hybridized carbons (Fsp3) is 0.200. The molecule has 0 bridgehead atoms. The molecule has 3 aromatic carbocycles. The van der Waals surface area contributed by atoms with Crippen molar-refractivity contribution in [2.75, 3.05) is 27.2 Å². The maximum atomic E-state index is 11.4. The number of nitrogens with zero attached hydrogens (tertiary/aromatic N) is 1. The highest BCUT2D eigenvalue weighted by atomic mass is 16.5. The average molecular weight is 419 g/mol. The second kappa shape index (κ2) is 9.91. The molecule has 0 heterocycles. The summed E-state index contributed by atoms with van der Waals surface area (Å²) >= 11 is 0. The van der Waals surface area contributed by atoms with Crippen LogP contribution in [0.15, 0.2) is 60.7 Å². The first-order valence-corrected chi connectivity index (χ1v) is 9.86. The van der Waals surface area contributed by atoms with Gasteiger partial charge in [0, 0.05) is 34.7 Å². The van der Waals surface area contributed by atoms with E-state index in [-0.39, 0.29) is 11.5 Å². The highest BCUT2D eigenvalue weighted by Crippen LogP contribution is 2.41. The number of carbonyl (C=O) groups excluding carboxylic acids is 2. The van der Waals surface area contributed by atoms with Crippen molar-refractivity contribution >= 4 is 12.6 Å². The third-order valence-corrected chi connectivity index (χ3v) is 5.00. The van der Waals surface area contributed by atoms with Gasteiger partial charge in [-0.15, -0.1) is 0 Å². The topological polar surface area (TPSA) is 87.1 Å². The lowest BCUT2D eigenvalue weighted by molar-refractivity contribution is 0.111. The van der Waals surface area contributed by atoms with Crippen molar-refractivity contribution in [3.63, 3.8) is 0 Å². The maximum Gasteiger partial charge on any atom is 0.150 e. The van der Waals surface area contributed by atoms with Gasteiger partial charge < -0.3 is 19.8 Å². The van der Waals surface area contributed by atoms with Gasteiger partial charge in [-0.2, -0.15) is 0 Å². The minimum Gasteiger partial charge on any atom is -0.508 e. The standard InChI is InChI=1S/C25H25NO5/c1-26(2)10-11-31-20-5-3-4-19(14-20)25(21-12-17(15-27)6-8-23(21)29)22-13-18(16-28)7-9-24(22)30/h3-9,12-16,25,29-30H,10-11H2,1-2H3. The third kappa shape index (κ3) is 5.29. The third-order valence-electron chi connectivity index (χ3n) is 5.00. The molecule has 0 atom stereocenters. The van der Waals surface area contributed by atoms with Crippen LogP contribution in [-0.4, -0.2) is 54.9 Å². The number of phenols is 2. The Bertz CT molecular complexity index is 1020. The van der Waals surface area contributed by atoms with Gasteiger partial charge in [-0.25, -0.2) is 0 Å². The van der Waals surface area contributed by atoms with Gasteiger partial charge in [0.05, 0.1) is 0 Å². The first kappa shape index (κ1) is 22.1. The lowest BCUT2D eigenvalue weighted by Gasteiger charge is -2.22. The van der Waals surface area contributed by atoms with E-state index in [0.29, 0.717) is 47.2 Å². The van der Waals surface area contributed by atoms with Gasteiger partial charge >= 0.3 is 0 Å². The zero-order chi connectivity index (χ0) is 22.4. The van der Waals surface area contributed by atoms with Crippen LogP contribution in [0.4, 0.5) is 0 Å². The number of aldehydes is 2. The molecule has 0 unspecified atom stereocenters. The summed E-state index contributed by atoms with van der Waals surface area (Å²) in [5.41, 5.74) is 2.39. The van der Waals surface area contributed by atoms with E-state index in [0.717, 1.165) is 12.1 Å². The first-order chi connectivity index (χ1) is 14.9. The molecule has 2 N–H and O–H groups in total. The molecule has 31 heavy (non-hydrogen) atoms. The van der Waals surface area contributed by atoms with Crippen LogP contribution in [0.1, 0.15) is 43.3 Å². The Hall–Kier alpha value is -3.64. The molecule has 0 aliphatic carbocycles. The predicted octanol–water partition coefficient (Wildman–Crippen LogP) is 3.84. The number of hydrogen-bond acceptors (Lipinski definition) is 6. The van der Waals surface area contributed by atoms with Gasteiger partial charge in [0.15, 0.2) is 0 Å². The molecule has 0 aliphatic heterocycles. The van der Waals surface area contributed by atoms with Crippen LogP contribution in [0.5, 0.6) is 17.2 Å². The van der Waals surface area contributed by atoms with E-state index in [1.807, 2.05) is 43.3 Å². The number of aromatic hydroxyl groups is 2. The normalized spacial score (nSPS) is 11.0. The number of likely N-dealkylation sites (N-methyl/N-ethyl adjacent to an activating group) is 1. The van der Waals surface area contributed by atoms with Crippen LogP contribution in [0, 0.1) is 0 Å². The molecule has 0 aromatic heterocycles. The highest BCUT2D eigenvalue weighted by molar-refractivity contribution is 5.77. The Morgan fingerprint density at radius 1 is 0.871 bits per heavy atom. The summed E-state index contributed by atoms with van der Waals surface area (Å²) in [7, 11) is 3.92. The molecule has 6 heteroatoms. The number of rotatable bonds is 9. The molecule has 0 aliphatic rings. The van der Waals surface area contributed by atoms with Crippen LogP contribution >= 0.6 is 0 Å². The van der Waals surface area contributed by atoms with Gasteiger partial charge in [0.25, 0.3) is 0 Å². The molecular formula is C25H25NO5. The quantitative estimate of drug-likeness (QED) is 0.405. The van der Waals surface area contributed by atoms with E-state index < -0.39 is 5.92 Å². The summed E-state index contributed by atoms with van der Waals surface area (Å²) in [5.74, 6) is -0.0329. The van der Waals surface area contributed by atoms with Crippen LogP contribution in [0.2, 0.25) is 0 Å². The summed E-state index contributed by atoms with van der Waals surface area (Å²) in [6, 6.07) is 16.4. The molecule has 0 radical (unpaired) electrons. The van der Waals surface area contributed by atoms with Crippen molar-refractivity contribution in [1.82, 2.24) is 4.90 Å². The van der Waals surface area contributed by atoms with Crippen molar-refractivity contribution in [3.8, 4) is 17.2 Å². The number of carbonyl (C=O) groups is 2. The largest absolute Gasteiger partial charge is 0.508 e. The Balaban J connectivity index is 2.14. The molecule has 0 spiro atoms. The molecule has 0 fully saturated rings. The van der Waals surface area contributed by atoms with Crippen LogP contribution in [-0.2, 0) is 0 Å².